The molecule has 9 heteroatoms. The summed E-state index contributed by atoms with van der Waals surface area (Å²) in [4.78, 5) is 16.7. The number of amidine groups is 1. The molecule has 0 unspecified atom stereocenters. The fourth-order valence-corrected chi connectivity index (χ4v) is 4.21. The standard InChI is InChI=1S/C24H15F2N5O2/c25-21-3-1-2-17(30-21)13-4-5-19-15(8-13)24(12-32-23(27)31-24)16-10-18(29-11-20(16)33-19)14-6-7-28-22(26)9-14/h1-11H,12H2,(H2,27,31)/t24-/m0/s1. The van der Waals surface area contributed by atoms with Crippen molar-refractivity contribution in [3.63, 3.8) is 0 Å². The second-order valence-electron chi connectivity index (χ2n) is 7.69. The molecule has 1 aromatic carbocycles. The molecule has 1 spiro atoms. The van der Waals surface area contributed by atoms with Crippen LogP contribution in [0.2, 0.25) is 0 Å². The zero-order valence-corrected chi connectivity index (χ0v) is 17.0. The van der Waals surface area contributed by atoms with Crippen LogP contribution in [0.25, 0.3) is 22.5 Å². The molecular weight excluding hydrogens is 428 g/mol. The number of hydrogen-bond acceptors (Lipinski definition) is 7. The van der Waals surface area contributed by atoms with Gasteiger partial charge in [-0.05, 0) is 42.5 Å². The molecule has 4 aromatic rings. The fraction of sp³-hybridized carbons (Fsp3) is 0.0833. The van der Waals surface area contributed by atoms with Crippen LogP contribution >= 0.6 is 0 Å². The molecule has 33 heavy (non-hydrogen) atoms. The quantitative estimate of drug-likeness (QED) is 0.467. The van der Waals surface area contributed by atoms with Crippen molar-refractivity contribution in [2.24, 2.45) is 10.7 Å². The number of pyridine rings is 3. The van der Waals surface area contributed by atoms with E-state index in [-0.39, 0.29) is 12.6 Å². The maximum Gasteiger partial charge on any atom is 0.283 e. The maximum atomic E-state index is 13.7. The molecule has 0 aliphatic carbocycles. The Morgan fingerprint density at radius 3 is 2.48 bits per heavy atom. The first-order chi connectivity index (χ1) is 16.0. The Balaban J connectivity index is 1.55. The van der Waals surface area contributed by atoms with E-state index in [9.17, 15) is 8.78 Å². The molecule has 2 aliphatic rings. The minimum Gasteiger partial charge on any atom is -0.462 e. The minimum absolute atomic E-state index is 0.0383. The number of halogens is 2. The number of rotatable bonds is 2. The molecule has 0 amide bonds. The van der Waals surface area contributed by atoms with Gasteiger partial charge in [-0.2, -0.15) is 8.78 Å². The van der Waals surface area contributed by atoms with Crippen molar-refractivity contribution in [3.8, 4) is 34.0 Å². The van der Waals surface area contributed by atoms with Gasteiger partial charge in [-0.25, -0.2) is 15.0 Å². The molecule has 1 atom stereocenters. The van der Waals surface area contributed by atoms with Gasteiger partial charge >= 0.3 is 0 Å². The number of ether oxygens (including phenoxy) is 2. The Bertz CT molecular complexity index is 1360. The number of aliphatic imine (C=N–C) groups is 1. The first-order valence-corrected chi connectivity index (χ1v) is 10.1. The molecule has 2 N–H and O–H groups in total. The number of nitrogens with zero attached hydrogens (tertiary/aromatic N) is 4. The Morgan fingerprint density at radius 2 is 1.70 bits per heavy atom. The summed E-state index contributed by atoms with van der Waals surface area (Å²) in [7, 11) is 0. The fourth-order valence-electron chi connectivity index (χ4n) is 4.21. The first-order valence-electron chi connectivity index (χ1n) is 10.1. The smallest absolute Gasteiger partial charge is 0.283 e. The van der Waals surface area contributed by atoms with Gasteiger partial charge in [-0.15, -0.1) is 0 Å². The summed E-state index contributed by atoms with van der Waals surface area (Å²) in [5.41, 5.74) is 8.52. The van der Waals surface area contributed by atoms with Crippen LogP contribution in [0.4, 0.5) is 8.78 Å². The van der Waals surface area contributed by atoms with E-state index in [2.05, 4.69) is 19.9 Å². The highest BCUT2D eigenvalue weighted by Crippen LogP contribution is 2.52. The van der Waals surface area contributed by atoms with Crippen LogP contribution in [0.5, 0.6) is 11.5 Å². The lowest BCUT2D eigenvalue weighted by atomic mass is 9.80. The lowest BCUT2D eigenvalue weighted by Gasteiger charge is -2.33. The number of nitrogens with two attached hydrogens (primary N) is 1. The van der Waals surface area contributed by atoms with E-state index in [1.165, 1.54) is 18.3 Å². The van der Waals surface area contributed by atoms with Crippen molar-refractivity contribution in [1.29, 1.82) is 0 Å². The molecule has 5 heterocycles. The molecule has 3 aromatic heterocycles. The summed E-state index contributed by atoms with van der Waals surface area (Å²) in [5.74, 6) is -0.149. The van der Waals surface area contributed by atoms with Gasteiger partial charge in [0.1, 0.15) is 12.4 Å². The van der Waals surface area contributed by atoms with E-state index >= 15 is 0 Å². The predicted octanol–water partition coefficient (Wildman–Crippen LogP) is 4.18. The highest BCUT2D eigenvalue weighted by atomic mass is 19.1. The van der Waals surface area contributed by atoms with Crippen molar-refractivity contribution in [1.82, 2.24) is 15.0 Å². The van der Waals surface area contributed by atoms with E-state index in [1.54, 1.807) is 42.6 Å². The van der Waals surface area contributed by atoms with Gasteiger partial charge in [0.2, 0.25) is 11.9 Å². The minimum atomic E-state index is -1.01. The Labute approximate surface area is 186 Å². The van der Waals surface area contributed by atoms with Gasteiger partial charge in [-0.3, -0.25) is 4.98 Å². The van der Waals surface area contributed by atoms with Gasteiger partial charge in [0.05, 0.1) is 17.6 Å². The number of benzene rings is 1. The van der Waals surface area contributed by atoms with Crippen molar-refractivity contribution < 1.29 is 18.3 Å². The van der Waals surface area contributed by atoms with Gasteiger partial charge in [0.15, 0.2) is 11.3 Å². The van der Waals surface area contributed by atoms with Crippen LogP contribution in [0.3, 0.4) is 0 Å². The average molecular weight is 443 g/mol. The van der Waals surface area contributed by atoms with Crippen LogP contribution in [-0.2, 0) is 10.3 Å². The number of hydrogen-bond donors (Lipinski definition) is 1. The number of aromatic nitrogens is 3. The monoisotopic (exact) mass is 443 g/mol. The largest absolute Gasteiger partial charge is 0.462 e. The van der Waals surface area contributed by atoms with E-state index in [4.69, 9.17) is 15.2 Å². The van der Waals surface area contributed by atoms with Gasteiger partial charge in [-0.1, -0.05) is 6.07 Å². The second kappa shape index (κ2) is 7.06. The highest BCUT2D eigenvalue weighted by Gasteiger charge is 2.47. The first kappa shape index (κ1) is 19.3. The molecule has 7 nitrogen and oxygen atoms in total. The van der Waals surface area contributed by atoms with E-state index < -0.39 is 17.4 Å². The van der Waals surface area contributed by atoms with Crippen LogP contribution in [0.1, 0.15) is 11.1 Å². The SMILES string of the molecule is NC1=N[C@@]2(CO1)c1cc(-c3cccc(F)n3)ccc1Oc1cnc(-c3ccnc(F)c3)cc12. The molecule has 162 valence electrons. The third-order valence-electron chi connectivity index (χ3n) is 5.72. The molecular formula is C24H15F2N5O2. The summed E-state index contributed by atoms with van der Waals surface area (Å²) in [6.07, 6.45) is 2.94. The Morgan fingerprint density at radius 1 is 0.848 bits per heavy atom. The van der Waals surface area contributed by atoms with Crippen molar-refractivity contribution in [2.75, 3.05) is 6.61 Å². The van der Waals surface area contributed by atoms with E-state index in [0.29, 0.717) is 45.1 Å². The van der Waals surface area contributed by atoms with E-state index in [1.807, 2.05) is 6.07 Å². The summed E-state index contributed by atoms with van der Waals surface area (Å²) < 4.78 is 39.2. The lowest BCUT2D eigenvalue weighted by Crippen LogP contribution is -2.31. The average Bonchev–Trinajstić information content (AvgIpc) is 3.21. The predicted molar refractivity (Wildman–Crippen MR) is 115 cm³/mol. The number of fused-ring (bicyclic) bond motifs is 4. The zero-order chi connectivity index (χ0) is 22.6. The third-order valence-corrected chi connectivity index (χ3v) is 5.72. The molecule has 0 bridgehead atoms. The second-order valence-corrected chi connectivity index (χ2v) is 7.69. The van der Waals surface area contributed by atoms with Crippen LogP contribution < -0.4 is 10.5 Å². The van der Waals surface area contributed by atoms with Gasteiger partial charge < -0.3 is 15.2 Å². The highest BCUT2D eigenvalue weighted by molar-refractivity contribution is 5.78. The van der Waals surface area contributed by atoms with Crippen LogP contribution in [-0.4, -0.2) is 27.6 Å². The third kappa shape index (κ3) is 3.08. The normalized spacial score (nSPS) is 18.2. The molecule has 6 rings (SSSR count). The van der Waals surface area contributed by atoms with Crippen molar-refractivity contribution >= 4 is 6.02 Å². The Hall–Kier alpha value is -4.40. The van der Waals surface area contributed by atoms with Crippen molar-refractivity contribution in [2.45, 2.75) is 5.54 Å². The van der Waals surface area contributed by atoms with Gasteiger partial charge in [0.25, 0.3) is 6.02 Å². The summed E-state index contributed by atoms with van der Waals surface area (Å²) in [5, 5.41) is 0. The zero-order valence-electron chi connectivity index (χ0n) is 17.0. The molecule has 0 saturated heterocycles. The molecule has 2 aliphatic heterocycles. The topological polar surface area (TPSA) is 95.5 Å². The Kier molecular flexibility index (Phi) is 4.13. The molecule has 0 radical (unpaired) electrons. The van der Waals surface area contributed by atoms with Gasteiger partial charge in [0, 0.05) is 34.5 Å². The summed E-state index contributed by atoms with van der Waals surface area (Å²) in [6, 6.07) is 14.8. The van der Waals surface area contributed by atoms with E-state index in [0.717, 1.165) is 0 Å². The molecule has 0 saturated carbocycles. The van der Waals surface area contributed by atoms with Crippen LogP contribution in [0, 0.1) is 11.9 Å². The van der Waals surface area contributed by atoms with Crippen LogP contribution in [0.15, 0.2) is 72.0 Å². The maximum absolute atomic E-state index is 13.7. The van der Waals surface area contributed by atoms with Crippen molar-refractivity contribution in [3.05, 3.63) is 90.0 Å². The summed E-state index contributed by atoms with van der Waals surface area (Å²) in [6.45, 7) is 0.135. The summed E-state index contributed by atoms with van der Waals surface area (Å²) >= 11 is 0. The molecule has 0 fully saturated rings. The lowest BCUT2D eigenvalue weighted by molar-refractivity contribution is 0.264.